The van der Waals surface area contributed by atoms with Crippen molar-refractivity contribution in [3.05, 3.63) is 91.5 Å². The summed E-state index contributed by atoms with van der Waals surface area (Å²) in [5.41, 5.74) is 4.08. The van der Waals surface area contributed by atoms with Gasteiger partial charge in [0.2, 0.25) is 4.96 Å². The predicted octanol–water partition coefficient (Wildman–Crippen LogP) is 3.99. The van der Waals surface area contributed by atoms with Crippen molar-refractivity contribution in [3.8, 4) is 5.75 Å². The number of aromatic nitrogens is 3. The van der Waals surface area contributed by atoms with E-state index >= 15 is 0 Å². The van der Waals surface area contributed by atoms with Crippen molar-refractivity contribution in [3.63, 3.8) is 0 Å². The summed E-state index contributed by atoms with van der Waals surface area (Å²) in [5.74, 6) is 1.38. The summed E-state index contributed by atoms with van der Waals surface area (Å²) in [6, 6.07) is 16.1. The second-order valence-electron chi connectivity index (χ2n) is 7.27. The highest BCUT2D eigenvalue weighted by atomic mass is 32.1. The van der Waals surface area contributed by atoms with Gasteiger partial charge in [0.1, 0.15) is 11.9 Å². The van der Waals surface area contributed by atoms with E-state index in [4.69, 9.17) is 4.74 Å². The van der Waals surface area contributed by atoms with E-state index in [0.717, 1.165) is 22.4 Å². The van der Waals surface area contributed by atoms with Crippen LogP contribution in [0.4, 0.5) is 0 Å². The maximum Gasteiger partial charge on any atom is 0.291 e. The summed E-state index contributed by atoms with van der Waals surface area (Å²) in [6.07, 6.45) is 7.58. The van der Waals surface area contributed by atoms with E-state index in [1.807, 2.05) is 61.5 Å². The van der Waals surface area contributed by atoms with Gasteiger partial charge in [-0.2, -0.15) is 9.50 Å². The van der Waals surface area contributed by atoms with Crippen molar-refractivity contribution < 1.29 is 4.74 Å². The molecule has 0 saturated carbocycles. The Kier molecular flexibility index (Phi) is 4.56. The molecule has 0 saturated heterocycles. The number of hydrogen-bond donors (Lipinski definition) is 0. The largest absolute Gasteiger partial charge is 0.485 e. The number of rotatable bonds is 3. The second-order valence-corrected chi connectivity index (χ2v) is 8.28. The lowest BCUT2D eigenvalue weighted by atomic mass is 10.0. The molecule has 1 aliphatic heterocycles. The molecule has 0 N–H and O–H groups in total. The second kappa shape index (κ2) is 7.39. The standard InChI is InChI=1S/C24H19N3O2S/c1-15-7-9-17(10-8-15)11-12-22-25-24-27(26-22)23(28)21(30-24)14-19-13-18-5-3-4-6-20(18)29-16(19)2/h3-14,16H,1-2H3. The zero-order valence-corrected chi connectivity index (χ0v) is 17.4. The number of para-hydroxylation sites is 1. The van der Waals surface area contributed by atoms with Crippen LogP contribution in [-0.2, 0) is 0 Å². The molecule has 0 amide bonds. The molecule has 148 valence electrons. The zero-order valence-electron chi connectivity index (χ0n) is 16.6. The van der Waals surface area contributed by atoms with E-state index < -0.39 is 0 Å². The molecular formula is C24H19N3O2S. The Morgan fingerprint density at radius 3 is 2.70 bits per heavy atom. The summed E-state index contributed by atoms with van der Waals surface area (Å²) >= 11 is 1.34. The molecule has 4 aromatic rings. The third-order valence-corrected chi connectivity index (χ3v) is 5.97. The monoisotopic (exact) mass is 413 g/mol. The molecule has 1 unspecified atom stereocenters. The van der Waals surface area contributed by atoms with Gasteiger partial charge in [0, 0.05) is 5.56 Å². The fourth-order valence-electron chi connectivity index (χ4n) is 3.34. The highest BCUT2D eigenvalue weighted by Gasteiger charge is 2.18. The van der Waals surface area contributed by atoms with Crippen LogP contribution in [0, 0.1) is 6.92 Å². The summed E-state index contributed by atoms with van der Waals surface area (Å²) < 4.78 is 7.93. The van der Waals surface area contributed by atoms with E-state index in [1.54, 1.807) is 0 Å². The zero-order chi connectivity index (χ0) is 20.7. The maximum absolute atomic E-state index is 12.8. The molecule has 3 heterocycles. The van der Waals surface area contributed by atoms with Gasteiger partial charge in [-0.05, 0) is 49.3 Å². The third kappa shape index (κ3) is 3.46. The molecule has 2 aromatic carbocycles. The summed E-state index contributed by atoms with van der Waals surface area (Å²) in [4.78, 5) is 17.9. The fourth-order valence-corrected chi connectivity index (χ4v) is 4.26. The average molecular weight is 414 g/mol. The van der Waals surface area contributed by atoms with Crippen molar-refractivity contribution in [2.75, 3.05) is 0 Å². The van der Waals surface area contributed by atoms with Crippen molar-refractivity contribution >= 4 is 40.6 Å². The molecule has 0 fully saturated rings. The van der Waals surface area contributed by atoms with Crippen LogP contribution in [0.15, 0.2) is 58.9 Å². The quantitative estimate of drug-likeness (QED) is 0.510. The lowest BCUT2D eigenvalue weighted by molar-refractivity contribution is 0.259. The molecular weight excluding hydrogens is 394 g/mol. The number of hydrogen-bond acceptors (Lipinski definition) is 5. The summed E-state index contributed by atoms with van der Waals surface area (Å²) in [6.45, 7) is 4.03. The van der Waals surface area contributed by atoms with Crippen LogP contribution < -0.4 is 14.8 Å². The van der Waals surface area contributed by atoms with Gasteiger partial charge in [0.05, 0.1) is 4.53 Å². The minimum atomic E-state index is -0.163. The lowest BCUT2D eigenvalue weighted by Crippen LogP contribution is -2.26. The number of fused-ring (bicyclic) bond motifs is 2. The lowest BCUT2D eigenvalue weighted by Gasteiger charge is -2.22. The molecule has 1 atom stereocenters. The first kappa shape index (κ1) is 18.5. The van der Waals surface area contributed by atoms with E-state index in [0.29, 0.717) is 15.3 Å². The van der Waals surface area contributed by atoms with Gasteiger partial charge in [0.25, 0.3) is 5.56 Å². The molecule has 0 aliphatic carbocycles. The SMILES string of the molecule is Cc1ccc(C=Cc2nc3sc(=CC4=Cc5ccccc5OC4C)c(=O)n3n2)cc1. The number of thiazole rings is 1. The molecule has 5 nitrogen and oxygen atoms in total. The number of nitrogens with zero attached hydrogens (tertiary/aromatic N) is 3. The first-order valence-electron chi connectivity index (χ1n) is 9.70. The highest BCUT2D eigenvalue weighted by molar-refractivity contribution is 7.15. The van der Waals surface area contributed by atoms with Crippen LogP contribution in [0.25, 0.3) is 29.3 Å². The van der Waals surface area contributed by atoms with Crippen LogP contribution >= 0.6 is 11.3 Å². The Bertz CT molecular complexity index is 1410. The van der Waals surface area contributed by atoms with E-state index in [2.05, 4.69) is 35.2 Å². The molecule has 0 radical (unpaired) electrons. The van der Waals surface area contributed by atoms with Gasteiger partial charge >= 0.3 is 0 Å². The highest BCUT2D eigenvalue weighted by Crippen LogP contribution is 2.29. The minimum absolute atomic E-state index is 0.130. The van der Waals surface area contributed by atoms with Crippen LogP contribution in [-0.4, -0.2) is 20.7 Å². The molecule has 5 rings (SSSR count). The van der Waals surface area contributed by atoms with Crippen LogP contribution in [0.5, 0.6) is 5.75 Å². The maximum atomic E-state index is 12.8. The number of aryl methyl sites for hydroxylation is 1. The minimum Gasteiger partial charge on any atom is -0.485 e. The third-order valence-electron chi connectivity index (χ3n) is 5.01. The van der Waals surface area contributed by atoms with Crippen LogP contribution in [0.3, 0.4) is 0 Å². The van der Waals surface area contributed by atoms with Gasteiger partial charge in [-0.3, -0.25) is 4.79 Å². The predicted molar refractivity (Wildman–Crippen MR) is 121 cm³/mol. The van der Waals surface area contributed by atoms with Gasteiger partial charge < -0.3 is 4.74 Å². The van der Waals surface area contributed by atoms with Crippen molar-refractivity contribution in [1.82, 2.24) is 14.6 Å². The van der Waals surface area contributed by atoms with Crippen molar-refractivity contribution in [2.24, 2.45) is 0 Å². The Labute approximate surface area is 177 Å². The smallest absolute Gasteiger partial charge is 0.291 e. The van der Waals surface area contributed by atoms with Gasteiger partial charge in [-0.15, -0.1) is 5.10 Å². The molecule has 2 aromatic heterocycles. The first-order chi connectivity index (χ1) is 14.6. The number of benzene rings is 2. The molecule has 6 heteroatoms. The van der Waals surface area contributed by atoms with Crippen molar-refractivity contribution in [1.29, 1.82) is 0 Å². The molecule has 1 aliphatic rings. The van der Waals surface area contributed by atoms with Gasteiger partial charge in [0.15, 0.2) is 5.82 Å². The van der Waals surface area contributed by atoms with Gasteiger partial charge in [-0.25, -0.2) is 0 Å². The van der Waals surface area contributed by atoms with Crippen molar-refractivity contribution in [2.45, 2.75) is 20.0 Å². The Hall–Kier alpha value is -3.51. The van der Waals surface area contributed by atoms with E-state index in [9.17, 15) is 4.79 Å². The normalized spacial score (nSPS) is 16.7. The Balaban J connectivity index is 1.48. The topological polar surface area (TPSA) is 56.5 Å². The summed E-state index contributed by atoms with van der Waals surface area (Å²) in [5, 5.41) is 4.36. The van der Waals surface area contributed by atoms with Gasteiger partial charge in [-0.1, -0.05) is 65.4 Å². The first-order valence-corrected chi connectivity index (χ1v) is 10.5. The van der Waals surface area contributed by atoms with E-state index in [-0.39, 0.29) is 11.7 Å². The molecule has 30 heavy (non-hydrogen) atoms. The number of ether oxygens (including phenoxy) is 1. The summed E-state index contributed by atoms with van der Waals surface area (Å²) in [7, 11) is 0. The fraction of sp³-hybridized carbons (Fsp3) is 0.125. The van der Waals surface area contributed by atoms with Crippen LogP contribution in [0.1, 0.15) is 29.4 Å². The molecule has 0 bridgehead atoms. The average Bonchev–Trinajstić information content (AvgIpc) is 3.27. The Morgan fingerprint density at radius 2 is 1.90 bits per heavy atom. The van der Waals surface area contributed by atoms with Crippen LogP contribution in [0.2, 0.25) is 0 Å². The molecule has 0 spiro atoms. The Morgan fingerprint density at radius 1 is 1.10 bits per heavy atom. The van der Waals surface area contributed by atoms with E-state index in [1.165, 1.54) is 21.4 Å².